The number of non-ortho nitro benzene ring substituents is 1. The maximum Gasteiger partial charge on any atom is 0.573 e. The molecule has 17 heteroatoms. The first-order valence-electron chi connectivity index (χ1n) is 12.2. The van der Waals surface area contributed by atoms with E-state index in [1.807, 2.05) is 0 Å². The highest BCUT2D eigenvalue weighted by molar-refractivity contribution is 7.89. The quantitative estimate of drug-likeness (QED) is 0.110. The standard InChI is InChI=1S/C26H21ClF3N5O7S/c1-3-25(15-7-12-21(20(27)13-15)42-26(28,29)30,34-43(40,41)17-10-8-16(9-11-17)35(38)39)33-23-18-5-4-6-19(24(36)37)22(18)31-14(2)32-23/h4-13,34H,3H2,1-2H3,(H,36,37)(H,31,32,33)/t25-/m0/s1. The van der Waals surface area contributed by atoms with Crippen molar-refractivity contribution in [2.75, 3.05) is 5.32 Å². The highest BCUT2D eigenvalue weighted by atomic mass is 35.5. The minimum Gasteiger partial charge on any atom is -0.478 e. The van der Waals surface area contributed by atoms with Crippen molar-refractivity contribution in [2.45, 2.75) is 37.2 Å². The van der Waals surface area contributed by atoms with Crippen LogP contribution in [0, 0.1) is 17.0 Å². The number of hydrogen-bond acceptors (Lipinski definition) is 9. The number of anilines is 1. The molecule has 43 heavy (non-hydrogen) atoms. The lowest BCUT2D eigenvalue weighted by atomic mass is 9.96. The predicted octanol–water partition coefficient (Wildman–Crippen LogP) is 5.75. The van der Waals surface area contributed by atoms with Crippen LogP contribution in [0.4, 0.5) is 24.7 Å². The molecule has 0 aliphatic heterocycles. The van der Waals surface area contributed by atoms with E-state index in [-0.39, 0.29) is 50.7 Å². The number of carboxylic acid groups (broad SMARTS) is 1. The first-order chi connectivity index (χ1) is 20.0. The third-order valence-electron chi connectivity index (χ3n) is 6.25. The van der Waals surface area contributed by atoms with Gasteiger partial charge in [-0.15, -0.1) is 13.2 Å². The summed E-state index contributed by atoms with van der Waals surface area (Å²) in [7, 11) is -4.50. The summed E-state index contributed by atoms with van der Waals surface area (Å²) < 4.78 is 72.4. The molecule has 1 heterocycles. The Kier molecular flexibility index (Phi) is 8.49. The number of benzene rings is 3. The number of alkyl halides is 3. The zero-order chi connectivity index (χ0) is 31.7. The number of fused-ring (bicyclic) bond motifs is 1. The van der Waals surface area contributed by atoms with Gasteiger partial charge in [-0.25, -0.2) is 23.2 Å². The molecule has 4 rings (SSSR count). The van der Waals surface area contributed by atoms with Crippen LogP contribution in [0.25, 0.3) is 10.9 Å². The SMILES string of the molecule is CC[C@](Nc1nc(C)nc2c(C(=O)O)cccc12)(NS(=O)(=O)c1ccc([N+](=O)[O-])cc1)c1ccc(OC(F)(F)F)c(Cl)c1. The van der Waals surface area contributed by atoms with E-state index >= 15 is 0 Å². The Bertz CT molecular complexity index is 1840. The van der Waals surface area contributed by atoms with Crippen molar-refractivity contribution in [3.63, 3.8) is 0 Å². The maximum absolute atomic E-state index is 13.6. The van der Waals surface area contributed by atoms with Gasteiger partial charge in [0.05, 0.1) is 25.9 Å². The van der Waals surface area contributed by atoms with Crippen molar-refractivity contribution in [3.05, 3.63) is 92.8 Å². The maximum atomic E-state index is 13.6. The Hall–Kier alpha value is -4.54. The second kappa shape index (κ2) is 11.6. The van der Waals surface area contributed by atoms with Crippen LogP contribution in [0.15, 0.2) is 65.6 Å². The molecule has 0 fully saturated rings. The predicted molar refractivity (Wildman–Crippen MR) is 148 cm³/mol. The lowest BCUT2D eigenvalue weighted by molar-refractivity contribution is -0.384. The summed E-state index contributed by atoms with van der Waals surface area (Å²) in [4.78, 5) is 30.4. The molecular weight excluding hydrogens is 619 g/mol. The third kappa shape index (κ3) is 6.76. The smallest absolute Gasteiger partial charge is 0.478 e. The molecule has 0 amide bonds. The number of nitro benzene ring substituents is 1. The highest BCUT2D eigenvalue weighted by Crippen LogP contribution is 2.37. The van der Waals surface area contributed by atoms with Crippen LogP contribution in [-0.4, -0.2) is 40.7 Å². The molecule has 226 valence electrons. The summed E-state index contributed by atoms with van der Waals surface area (Å²) in [5.74, 6) is -1.90. The number of aryl methyl sites for hydroxylation is 1. The Morgan fingerprint density at radius 2 is 1.79 bits per heavy atom. The highest BCUT2D eigenvalue weighted by Gasteiger charge is 2.38. The van der Waals surface area contributed by atoms with Gasteiger partial charge in [0.2, 0.25) is 10.0 Å². The molecule has 0 saturated carbocycles. The Labute approximate surface area is 246 Å². The van der Waals surface area contributed by atoms with E-state index in [9.17, 15) is 41.6 Å². The molecule has 1 aromatic heterocycles. The summed E-state index contributed by atoms with van der Waals surface area (Å²) in [5, 5.41) is 23.4. The Balaban J connectivity index is 1.92. The fraction of sp³-hybridized carbons (Fsp3) is 0.192. The van der Waals surface area contributed by atoms with Crippen molar-refractivity contribution < 1.29 is 41.2 Å². The molecule has 0 aliphatic carbocycles. The van der Waals surface area contributed by atoms with Crippen molar-refractivity contribution in [1.29, 1.82) is 0 Å². The van der Waals surface area contributed by atoms with Crippen LogP contribution in [0.2, 0.25) is 5.02 Å². The fourth-order valence-corrected chi connectivity index (χ4v) is 5.87. The third-order valence-corrected chi connectivity index (χ3v) is 8.05. The number of nitrogens with one attached hydrogen (secondary N) is 2. The van der Waals surface area contributed by atoms with Gasteiger partial charge >= 0.3 is 12.3 Å². The normalized spacial score (nSPS) is 13.3. The average Bonchev–Trinajstić information content (AvgIpc) is 2.92. The van der Waals surface area contributed by atoms with Crippen molar-refractivity contribution in [1.82, 2.24) is 14.7 Å². The van der Waals surface area contributed by atoms with E-state index in [2.05, 4.69) is 24.7 Å². The summed E-state index contributed by atoms with van der Waals surface area (Å²) in [6.07, 6.45) is -5.17. The zero-order valence-electron chi connectivity index (χ0n) is 22.1. The summed E-state index contributed by atoms with van der Waals surface area (Å²) in [5.41, 5.74) is -2.33. The fourth-order valence-electron chi connectivity index (χ4n) is 4.26. The molecule has 3 aromatic carbocycles. The summed E-state index contributed by atoms with van der Waals surface area (Å²) in [6.45, 7) is 3.04. The minimum atomic E-state index is -5.05. The van der Waals surface area contributed by atoms with Crippen LogP contribution in [-0.2, 0) is 15.7 Å². The molecule has 0 saturated heterocycles. The molecule has 0 unspecified atom stereocenters. The van der Waals surface area contributed by atoms with Gasteiger partial charge in [0.25, 0.3) is 5.69 Å². The van der Waals surface area contributed by atoms with Gasteiger partial charge in [-0.05, 0) is 55.3 Å². The number of carbonyl (C=O) groups is 1. The molecule has 3 N–H and O–H groups in total. The van der Waals surface area contributed by atoms with E-state index < -0.39 is 43.7 Å². The van der Waals surface area contributed by atoms with Gasteiger partial charge < -0.3 is 15.2 Å². The summed E-state index contributed by atoms with van der Waals surface area (Å²) >= 11 is 6.13. The number of ether oxygens (including phenoxy) is 1. The number of carboxylic acids is 1. The Morgan fingerprint density at radius 1 is 1.12 bits per heavy atom. The molecule has 0 spiro atoms. The van der Waals surface area contributed by atoms with E-state index in [0.29, 0.717) is 0 Å². The number of aromatic nitrogens is 2. The van der Waals surface area contributed by atoms with Crippen molar-refractivity contribution in [3.8, 4) is 5.75 Å². The first kappa shape index (κ1) is 31.4. The molecule has 0 bridgehead atoms. The van der Waals surface area contributed by atoms with Gasteiger partial charge in [0, 0.05) is 17.5 Å². The second-order valence-electron chi connectivity index (χ2n) is 9.06. The lowest BCUT2D eigenvalue weighted by Gasteiger charge is -2.36. The molecule has 12 nitrogen and oxygen atoms in total. The first-order valence-corrected chi connectivity index (χ1v) is 14.0. The van der Waals surface area contributed by atoms with Crippen LogP contribution >= 0.6 is 11.6 Å². The van der Waals surface area contributed by atoms with Crippen LogP contribution in [0.1, 0.15) is 35.1 Å². The molecule has 0 radical (unpaired) electrons. The topological polar surface area (TPSA) is 174 Å². The number of hydrogen-bond donors (Lipinski definition) is 3. The van der Waals surface area contributed by atoms with E-state index in [4.69, 9.17) is 11.6 Å². The second-order valence-corrected chi connectivity index (χ2v) is 11.1. The van der Waals surface area contributed by atoms with Crippen LogP contribution < -0.4 is 14.8 Å². The number of aromatic carboxylic acids is 1. The van der Waals surface area contributed by atoms with E-state index in [0.717, 1.165) is 42.5 Å². The van der Waals surface area contributed by atoms with E-state index in [1.165, 1.54) is 25.1 Å². The van der Waals surface area contributed by atoms with Crippen molar-refractivity contribution in [2.24, 2.45) is 0 Å². The van der Waals surface area contributed by atoms with Crippen molar-refractivity contribution >= 4 is 50.0 Å². The molecule has 0 aliphatic rings. The minimum absolute atomic E-state index is 0.00871. The van der Waals surface area contributed by atoms with Gasteiger partial charge in [-0.1, -0.05) is 30.7 Å². The number of rotatable bonds is 10. The number of para-hydroxylation sites is 1. The molecule has 4 aromatic rings. The lowest BCUT2D eigenvalue weighted by Crippen LogP contribution is -2.51. The number of sulfonamides is 1. The number of nitrogens with zero attached hydrogens (tertiary/aromatic N) is 3. The van der Waals surface area contributed by atoms with Gasteiger partial charge in [0.1, 0.15) is 23.1 Å². The largest absolute Gasteiger partial charge is 0.573 e. The Morgan fingerprint density at radius 3 is 2.35 bits per heavy atom. The van der Waals surface area contributed by atoms with E-state index in [1.54, 1.807) is 6.92 Å². The van der Waals surface area contributed by atoms with Gasteiger partial charge in [0.15, 0.2) is 0 Å². The van der Waals surface area contributed by atoms with Gasteiger partial charge in [-0.3, -0.25) is 10.1 Å². The summed E-state index contributed by atoms with van der Waals surface area (Å²) in [6, 6.07) is 11.4. The van der Waals surface area contributed by atoms with Crippen LogP contribution in [0.3, 0.4) is 0 Å². The molecular formula is C26H21ClF3N5O7S. The number of nitro groups is 1. The van der Waals surface area contributed by atoms with Crippen LogP contribution in [0.5, 0.6) is 5.75 Å². The monoisotopic (exact) mass is 639 g/mol. The van der Waals surface area contributed by atoms with Gasteiger partial charge in [-0.2, -0.15) is 4.72 Å². The zero-order valence-corrected chi connectivity index (χ0v) is 23.7. The average molecular weight is 640 g/mol. The number of halogens is 4. The molecule has 1 atom stereocenters.